The van der Waals surface area contributed by atoms with Gasteiger partial charge in [0.05, 0.1) is 16.9 Å². The number of carbonyl (C=O) groups is 2. The number of aliphatic hydroxyl groups is 1. The summed E-state index contributed by atoms with van der Waals surface area (Å²) in [5.41, 5.74) is -1.30. The number of anilines is 1. The predicted molar refractivity (Wildman–Crippen MR) is 149 cm³/mol. The van der Waals surface area contributed by atoms with Crippen molar-refractivity contribution < 1.29 is 32.6 Å². The zero-order valence-electron chi connectivity index (χ0n) is 23.1. The largest absolute Gasteiger partial charge is 0.471 e. The molecule has 220 valence electrons. The van der Waals surface area contributed by atoms with Crippen molar-refractivity contribution in [2.24, 2.45) is 10.8 Å². The second-order valence-electron chi connectivity index (χ2n) is 11.9. The number of nitrogens with one attached hydrogen (secondary N) is 1. The highest BCUT2D eigenvalue weighted by Gasteiger charge is 2.67. The van der Waals surface area contributed by atoms with Crippen LogP contribution in [0.2, 0.25) is 0 Å². The van der Waals surface area contributed by atoms with E-state index < -0.39 is 29.1 Å². The Balaban J connectivity index is 1.36. The summed E-state index contributed by atoms with van der Waals surface area (Å²) in [5, 5.41) is 14.3. The molecule has 9 heteroatoms. The number of benzene rings is 2. The third-order valence-electron chi connectivity index (χ3n) is 9.40. The topological polar surface area (TPSA) is 78.9 Å². The van der Waals surface area contributed by atoms with Crippen molar-refractivity contribution in [3.63, 3.8) is 0 Å². The lowest BCUT2D eigenvalue weighted by molar-refractivity contribution is -0.255. The maximum atomic E-state index is 13.3. The first-order chi connectivity index (χ1) is 19.6. The number of piperidine rings is 1. The fourth-order valence-corrected chi connectivity index (χ4v) is 7.44. The van der Waals surface area contributed by atoms with Crippen molar-refractivity contribution in [3.05, 3.63) is 77.9 Å². The van der Waals surface area contributed by atoms with Gasteiger partial charge in [-0.3, -0.25) is 4.79 Å². The summed E-state index contributed by atoms with van der Waals surface area (Å²) in [5.74, 6) is -2.99. The first-order valence-corrected chi connectivity index (χ1v) is 14.4. The third kappa shape index (κ3) is 5.79. The molecule has 2 N–H and O–H groups in total. The number of likely N-dealkylation sites (tertiary alicyclic amines) is 1. The molecule has 2 fully saturated rings. The molecule has 41 heavy (non-hydrogen) atoms. The van der Waals surface area contributed by atoms with Gasteiger partial charge >= 0.3 is 18.1 Å². The summed E-state index contributed by atoms with van der Waals surface area (Å²) in [4.78, 5) is 27.3. The summed E-state index contributed by atoms with van der Waals surface area (Å²) >= 11 is 0. The first-order valence-electron chi connectivity index (χ1n) is 14.4. The quantitative estimate of drug-likeness (QED) is 0.304. The molecule has 2 bridgehead atoms. The summed E-state index contributed by atoms with van der Waals surface area (Å²) in [6, 6.07) is 15.8. The number of hydrogen-bond donors (Lipinski definition) is 2. The number of carbonyl (C=O) groups excluding carboxylic acids is 2. The van der Waals surface area contributed by atoms with Crippen LogP contribution in [-0.2, 0) is 16.0 Å². The van der Waals surface area contributed by atoms with E-state index >= 15 is 0 Å². The summed E-state index contributed by atoms with van der Waals surface area (Å²) < 4.78 is 44.5. The predicted octanol–water partition coefficient (Wildman–Crippen LogP) is 5.92. The zero-order valence-corrected chi connectivity index (χ0v) is 23.1. The van der Waals surface area contributed by atoms with Crippen molar-refractivity contribution in [2.75, 3.05) is 31.6 Å². The minimum Gasteiger partial charge on any atom is -0.461 e. The van der Waals surface area contributed by atoms with E-state index in [1.807, 2.05) is 24.3 Å². The number of halogens is 3. The summed E-state index contributed by atoms with van der Waals surface area (Å²) in [7, 11) is 0. The van der Waals surface area contributed by atoms with Crippen LogP contribution in [0.4, 0.5) is 18.9 Å². The lowest BCUT2D eigenvalue weighted by Crippen LogP contribution is -2.73. The molecule has 1 saturated carbocycles. The van der Waals surface area contributed by atoms with Crippen LogP contribution in [0.15, 0.2) is 66.7 Å². The van der Waals surface area contributed by atoms with Crippen LogP contribution in [0.1, 0.15) is 60.9 Å². The standard InChI is InChI=1S/C32H37F3N2O4/c33-32(34,35)28(39)36-26-15-6-5-14-25(26)27(38)41-23-30-18-10-17-29(16-7-2-8-19-31(29,30)40)21-37(22-30)20-9-13-24-11-3-1-4-12-24/h1-6,8,11-12,14-15,40H,7,9-10,13,16-23H2,(H,36,39)/t29-,30+,31-/m1/s1. The fraction of sp³-hybridized carbons (Fsp3) is 0.500. The second kappa shape index (κ2) is 11.6. The molecule has 1 amide bonds. The SMILES string of the molecule is O=C(OC[C@@]12CCC[C@]3(CCC=CC[C@@]31O)CN(CCCc1ccccc1)C2)c1ccccc1NC(=O)C(F)(F)F. The first kappa shape index (κ1) is 29.3. The number of para-hydroxylation sites is 1. The Morgan fingerprint density at radius 2 is 1.73 bits per heavy atom. The van der Waals surface area contributed by atoms with Gasteiger partial charge in [0.25, 0.3) is 0 Å². The number of amides is 1. The van der Waals surface area contributed by atoms with E-state index in [2.05, 4.69) is 23.1 Å². The maximum absolute atomic E-state index is 13.3. The molecule has 0 radical (unpaired) electrons. The molecule has 6 nitrogen and oxygen atoms in total. The van der Waals surface area contributed by atoms with Gasteiger partial charge in [0.15, 0.2) is 0 Å². The van der Waals surface area contributed by atoms with Crippen LogP contribution in [-0.4, -0.2) is 59.9 Å². The van der Waals surface area contributed by atoms with Crippen molar-refractivity contribution in [3.8, 4) is 0 Å². The molecule has 0 aromatic heterocycles. The summed E-state index contributed by atoms with van der Waals surface area (Å²) in [6.07, 6.45) is 5.63. The molecular weight excluding hydrogens is 533 g/mol. The van der Waals surface area contributed by atoms with Crippen LogP contribution in [0, 0.1) is 10.8 Å². The van der Waals surface area contributed by atoms with E-state index in [1.54, 1.807) is 5.32 Å². The molecule has 3 aliphatic rings. The van der Waals surface area contributed by atoms with Gasteiger partial charge in [0.2, 0.25) is 0 Å². The molecule has 5 rings (SSSR count). The number of hydrogen-bond acceptors (Lipinski definition) is 5. The Kier molecular flexibility index (Phi) is 8.30. The molecule has 3 atom stereocenters. The lowest BCUT2D eigenvalue weighted by Gasteiger charge is -2.66. The van der Waals surface area contributed by atoms with Crippen LogP contribution in [0.25, 0.3) is 0 Å². The molecule has 2 aromatic rings. The molecule has 2 aliphatic carbocycles. The number of nitrogens with zero attached hydrogens (tertiary/aromatic N) is 1. The maximum Gasteiger partial charge on any atom is 0.471 e. The molecule has 1 aliphatic heterocycles. The average molecular weight is 571 g/mol. The molecule has 0 spiro atoms. The third-order valence-corrected chi connectivity index (χ3v) is 9.40. The highest BCUT2D eigenvalue weighted by molar-refractivity contribution is 6.02. The van der Waals surface area contributed by atoms with Crippen molar-refractivity contribution in [1.29, 1.82) is 0 Å². The monoisotopic (exact) mass is 570 g/mol. The Hall–Kier alpha value is -3.17. The van der Waals surface area contributed by atoms with Gasteiger partial charge < -0.3 is 20.1 Å². The minimum atomic E-state index is -5.09. The second-order valence-corrected chi connectivity index (χ2v) is 11.9. The Bertz CT molecular complexity index is 1280. The van der Waals surface area contributed by atoms with Crippen molar-refractivity contribution >= 4 is 17.6 Å². The number of esters is 1. The number of aryl methyl sites for hydroxylation is 1. The van der Waals surface area contributed by atoms with Gasteiger partial charge in [0, 0.05) is 23.9 Å². The summed E-state index contributed by atoms with van der Waals surface area (Å²) in [6.45, 7) is 2.13. The van der Waals surface area contributed by atoms with Gasteiger partial charge in [-0.15, -0.1) is 0 Å². The van der Waals surface area contributed by atoms with Crippen LogP contribution >= 0.6 is 0 Å². The van der Waals surface area contributed by atoms with Gasteiger partial charge in [-0.1, -0.05) is 61.0 Å². The zero-order chi connectivity index (χ0) is 29.1. The Morgan fingerprint density at radius 3 is 2.51 bits per heavy atom. The van der Waals surface area contributed by atoms with Crippen LogP contribution < -0.4 is 5.32 Å². The number of ether oxygens (including phenoxy) is 1. The normalized spacial score (nSPS) is 27.9. The lowest BCUT2D eigenvalue weighted by atomic mass is 9.47. The van der Waals surface area contributed by atoms with Gasteiger partial charge in [-0.25, -0.2) is 4.79 Å². The van der Waals surface area contributed by atoms with Gasteiger partial charge in [-0.05, 0) is 69.2 Å². The van der Waals surface area contributed by atoms with Gasteiger partial charge in [0.1, 0.15) is 6.61 Å². The van der Waals surface area contributed by atoms with E-state index in [1.165, 1.54) is 29.8 Å². The van der Waals surface area contributed by atoms with E-state index in [9.17, 15) is 27.9 Å². The van der Waals surface area contributed by atoms with Crippen LogP contribution in [0.3, 0.4) is 0 Å². The number of rotatable bonds is 8. The van der Waals surface area contributed by atoms with Crippen molar-refractivity contribution in [1.82, 2.24) is 4.90 Å². The van der Waals surface area contributed by atoms with E-state index in [0.717, 1.165) is 51.6 Å². The van der Waals surface area contributed by atoms with Crippen molar-refractivity contribution in [2.45, 2.75) is 63.1 Å². The van der Waals surface area contributed by atoms with E-state index in [-0.39, 0.29) is 23.3 Å². The molecule has 1 saturated heterocycles. The highest BCUT2D eigenvalue weighted by atomic mass is 19.4. The molecule has 1 heterocycles. The molecule has 2 aromatic carbocycles. The smallest absolute Gasteiger partial charge is 0.461 e. The van der Waals surface area contributed by atoms with Crippen LogP contribution in [0.5, 0.6) is 0 Å². The fourth-order valence-electron chi connectivity index (χ4n) is 7.44. The Morgan fingerprint density at radius 1 is 0.976 bits per heavy atom. The van der Waals surface area contributed by atoms with Gasteiger partial charge in [-0.2, -0.15) is 13.2 Å². The highest BCUT2D eigenvalue weighted by Crippen LogP contribution is 2.62. The average Bonchev–Trinajstić information content (AvgIpc) is 3.11. The number of allylic oxidation sites excluding steroid dienone is 1. The molecular formula is C32H37F3N2O4. The minimum absolute atomic E-state index is 0.0609. The van der Waals surface area contributed by atoms with E-state index in [4.69, 9.17) is 4.74 Å². The number of alkyl halides is 3. The Labute approximate surface area is 238 Å². The molecule has 0 unspecified atom stereocenters. The van der Waals surface area contributed by atoms with E-state index in [0.29, 0.717) is 19.4 Å².